The molecule has 4 heteroatoms. The van der Waals surface area contributed by atoms with Crippen molar-refractivity contribution >= 4 is 65.4 Å². The van der Waals surface area contributed by atoms with Gasteiger partial charge in [-0.25, -0.2) is 4.98 Å². The standard InChI is InChI=1S/C50H36N4/c1-31-24-25-47-41(26-31)39-18-8-9-19-42(39)52(47)48-28-33(3)32(2)27-40(48)34-29-49(53-43-20-10-4-14-35(43)36-15-5-11-21-44(36)53)51-50(30-34)54-45-22-12-6-16-37(45)38-17-7-13-23-46(38)54/h4-30H,1-3H3. The van der Waals surface area contributed by atoms with Gasteiger partial charge >= 0.3 is 0 Å². The Balaban J connectivity index is 1.29. The van der Waals surface area contributed by atoms with Crippen LogP contribution in [0, 0.1) is 20.8 Å². The fourth-order valence-electron chi connectivity index (χ4n) is 8.79. The molecule has 54 heavy (non-hydrogen) atoms. The maximum Gasteiger partial charge on any atom is 0.140 e. The molecule has 0 fully saturated rings. The predicted molar refractivity (Wildman–Crippen MR) is 227 cm³/mol. The Kier molecular flexibility index (Phi) is 6.56. The van der Waals surface area contributed by atoms with Gasteiger partial charge in [-0.2, -0.15) is 0 Å². The van der Waals surface area contributed by atoms with E-state index in [2.05, 4.69) is 198 Å². The zero-order valence-corrected chi connectivity index (χ0v) is 30.4. The van der Waals surface area contributed by atoms with E-state index in [9.17, 15) is 0 Å². The van der Waals surface area contributed by atoms with Gasteiger partial charge in [0.1, 0.15) is 11.6 Å². The highest BCUT2D eigenvalue weighted by atomic mass is 15.1. The Morgan fingerprint density at radius 1 is 0.352 bits per heavy atom. The molecule has 11 aromatic rings. The van der Waals surface area contributed by atoms with Gasteiger partial charge < -0.3 is 4.57 Å². The Bertz CT molecular complexity index is 3080. The van der Waals surface area contributed by atoms with Crippen molar-refractivity contribution in [2.45, 2.75) is 20.8 Å². The number of aromatic nitrogens is 4. The fraction of sp³-hybridized carbons (Fsp3) is 0.0600. The summed E-state index contributed by atoms with van der Waals surface area (Å²) in [4.78, 5) is 5.61. The van der Waals surface area contributed by atoms with Crippen LogP contribution in [0.15, 0.2) is 164 Å². The number of para-hydroxylation sites is 5. The maximum absolute atomic E-state index is 5.61. The number of hydrogen-bond acceptors (Lipinski definition) is 1. The van der Waals surface area contributed by atoms with E-state index >= 15 is 0 Å². The number of aryl methyl sites for hydroxylation is 3. The van der Waals surface area contributed by atoms with Crippen LogP contribution >= 0.6 is 0 Å². The van der Waals surface area contributed by atoms with E-state index in [1.54, 1.807) is 0 Å². The quantitative estimate of drug-likeness (QED) is 0.180. The SMILES string of the molecule is Cc1ccc2c(c1)c1ccccc1n2-c1cc(C)c(C)cc1-c1cc(-n2c3ccccc3c3ccccc32)nc(-n2c3ccccc3c3ccccc32)c1. The van der Waals surface area contributed by atoms with Crippen molar-refractivity contribution in [3.8, 4) is 28.5 Å². The summed E-state index contributed by atoms with van der Waals surface area (Å²) >= 11 is 0. The molecule has 0 saturated carbocycles. The molecule has 0 N–H and O–H groups in total. The van der Waals surface area contributed by atoms with E-state index in [0.29, 0.717) is 0 Å². The zero-order valence-electron chi connectivity index (χ0n) is 30.4. The highest BCUT2D eigenvalue weighted by Gasteiger charge is 2.21. The molecule has 0 aliphatic carbocycles. The molecule has 0 amide bonds. The molecule has 0 atom stereocenters. The zero-order chi connectivity index (χ0) is 36.1. The van der Waals surface area contributed by atoms with E-state index in [1.807, 2.05) is 0 Å². The third-order valence-electron chi connectivity index (χ3n) is 11.4. The molecule has 0 unspecified atom stereocenters. The topological polar surface area (TPSA) is 27.7 Å². The van der Waals surface area contributed by atoms with Crippen LogP contribution in [0.1, 0.15) is 16.7 Å². The number of rotatable bonds is 4. The van der Waals surface area contributed by atoms with Crippen molar-refractivity contribution in [3.63, 3.8) is 0 Å². The summed E-state index contributed by atoms with van der Waals surface area (Å²) in [6.07, 6.45) is 0. The van der Waals surface area contributed by atoms with E-state index in [0.717, 1.165) is 50.5 Å². The van der Waals surface area contributed by atoms with Crippen LogP contribution < -0.4 is 0 Å². The Morgan fingerprint density at radius 2 is 0.741 bits per heavy atom. The lowest BCUT2D eigenvalue weighted by Gasteiger charge is -2.19. The van der Waals surface area contributed by atoms with Crippen molar-refractivity contribution in [2.24, 2.45) is 0 Å². The lowest BCUT2D eigenvalue weighted by atomic mass is 9.98. The summed E-state index contributed by atoms with van der Waals surface area (Å²) in [6.45, 7) is 6.62. The highest BCUT2D eigenvalue weighted by molar-refractivity contribution is 6.12. The smallest absolute Gasteiger partial charge is 0.140 e. The molecule has 0 radical (unpaired) electrons. The monoisotopic (exact) mass is 692 g/mol. The van der Waals surface area contributed by atoms with E-state index in [-0.39, 0.29) is 0 Å². The first-order chi connectivity index (χ1) is 26.5. The molecule has 4 nitrogen and oxygen atoms in total. The van der Waals surface area contributed by atoms with E-state index < -0.39 is 0 Å². The van der Waals surface area contributed by atoms with Gasteiger partial charge in [-0.3, -0.25) is 9.13 Å². The lowest BCUT2D eigenvalue weighted by molar-refractivity contribution is 1.01. The molecule has 4 heterocycles. The number of fused-ring (bicyclic) bond motifs is 9. The molecule has 256 valence electrons. The van der Waals surface area contributed by atoms with Gasteiger partial charge in [-0.05, 0) is 104 Å². The van der Waals surface area contributed by atoms with Crippen molar-refractivity contribution in [3.05, 3.63) is 180 Å². The third kappa shape index (κ3) is 4.40. The van der Waals surface area contributed by atoms with Crippen molar-refractivity contribution < 1.29 is 0 Å². The third-order valence-corrected chi connectivity index (χ3v) is 11.4. The van der Waals surface area contributed by atoms with Gasteiger partial charge in [0.25, 0.3) is 0 Å². The normalized spacial score (nSPS) is 12.0. The van der Waals surface area contributed by atoms with Crippen LogP contribution in [0.5, 0.6) is 0 Å². The molecule has 0 bridgehead atoms. The molecule has 0 saturated heterocycles. The Morgan fingerprint density at radius 3 is 1.22 bits per heavy atom. The van der Waals surface area contributed by atoms with Crippen molar-refractivity contribution in [2.75, 3.05) is 0 Å². The average Bonchev–Trinajstić information content (AvgIpc) is 3.84. The lowest BCUT2D eigenvalue weighted by Crippen LogP contribution is -2.06. The van der Waals surface area contributed by atoms with Gasteiger partial charge in [0.05, 0.1) is 38.8 Å². The number of pyridine rings is 1. The summed E-state index contributed by atoms with van der Waals surface area (Å²) in [5.41, 5.74) is 14.1. The van der Waals surface area contributed by atoms with Crippen LogP contribution in [0.2, 0.25) is 0 Å². The minimum Gasteiger partial charge on any atom is -0.309 e. The minimum absolute atomic E-state index is 0.879. The molecule has 4 aromatic heterocycles. The van der Waals surface area contributed by atoms with Crippen LogP contribution in [0.3, 0.4) is 0 Å². The summed E-state index contributed by atoms with van der Waals surface area (Å²) in [7, 11) is 0. The number of benzene rings is 7. The first-order valence-electron chi connectivity index (χ1n) is 18.6. The van der Waals surface area contributed by atoms with E-state index in [4.69, 9.17) is 4.98 Å². The average molecular weight is 693 g/mol. The van der Waals surface area contributed by atoms with Gasteiger partial charge in [0, 0.05) is 37.9 Å². The largest absolute Gasteiger partial charge is 0.309 e. The summed E-state index contributed by atoms with van der Waals surface area (Å²) < 4.78 is 7.15. The van der Waals surface area contributed by atoms with Gasteiger partial charge in [0.2, 0.25) is 0 Å². The fourth-order valence-corrected chi connectivity index (χ4v) is 8.79. The van der Waals surface area contributed by atoms with Crippen molar-refractivity contribution in [1.82, 2.24) is 18.7 Å². The predicted octanol–water partition coefficient (Wildman–Crippen LogP) is 13.0. The Labute approximate surface area is 312 Å². The first-order valence-corrected chi connectivity index (χ1v) is 18.6. The molecule has 7 aromatic carbocycles. The minimum atomic E-state index is 0.879. The number of nitrogens with zero attached hydrogens (tertiary/aromatic N) is 4. The molecule has 0 aliphatic rings. The highest BCUT2D eigenvalue weighted by Crippen LogP contribution is 2.41. The molecular weight excluding hydrogens is 657 g/mol. The molecule has 11 rings (SSSR count). The van der Waals surface area contributed by atoms with Crippen LogP contribution in [-0.4, -0.2) is 18.7 Å². The van der Waals surface area contributed by atoms with Crippen molar-refractivity contribution in [1.29, 1.82) is 0 Å². The summed E-state index contributed by atoms with van der Waals surface area (Å²) in [6, 6.07) is 59.7. The van der Waals surface area contributed by atoms with Gasteiger partial charge in [-0.15, -0.1) is 0 Å². The Hall–Kier alpha value is -6.91. The van der Waals surface area contributed by atoms with Gasteiger partial charge in [0.15, 0.2) is 0 Å². The second-order valence-electron chi connectivity index (χ2n) is 14.6. The maximum atomic E-state index is 5.61. The van der Waals surface area contributed by atoms with Crippen LogP contribution in [0.4, 0.5) is 0 Å². The second kappa shape index (κ2) is 11.5. The second-order valence-corrected chi connectivity index (χ2v) is 14.6. The molecular formula is C50H36N4. The van der Waals surface area contributed by atoms with Crippen LogP contribution in [-0.2, 0) is 0 Å². The van der Waals surface area contributed by atoms with Gasteiger partial charge in [-0.1, -0.05) is 103 Å². The van der Waals surface area contributed by atoms with E-state index in [1.165, 1.54) is 60.0 Å². The first kappa shape index (κ1) is 30.7. The van der Waals surface area contributed by atoms with Crippen LogP contribution in [0.25, 0.3) is 93.9 Å². The number of hydrogen-bond donors (Lipinski definition) is 0. The molecule has 0 aliphatic heterocycles. The summed E-state index contributed by atoms with van der Waals surface area (Å²) in [5.74, 6) is 1.76. The summed E-state index contributed by atoms with van der Waals surface area (Å²) in [5, 5.41) is 7.38. The molecule has 0 spiro atoms.